The fourth-order valence-electron chi connectivity index (χ4n) is 5.98. The Labute approximate surface area is 210 Å². The van der Waals surface area contributed by atoms with Crippen molar-refractivity contribution in [3.05, 3.63) is 36.0 Å². The first-order valence-electron chi connectivity index (χ1n) is 13.6. The van der Waals surface area contributed by atoms with Crippen LogP contribution in [0.4, 0.5) is 19.0 Å². The molecule has 0 amide bonds. The topological polar surface area (TPSA) is 68.1 Å². The fourth-order valence-corrected chi connectivity index (χ4v) is 5.98. The van der Waals surface area contributed by atoms with Gasteiger partial charge in [-0.05, 0) is 61.6 Å². The Morgan fingerprint density at radius 2 is 1.86 bits per heavy atom. The number of rotatable bonds is 5. The Bertz CT molecular complexity index is 1310. The molecule has 3 aliphatic rings. The van der Waals surface area contributed by atoms with Gasteiger partial charge in [-0.1, -0.05) is 6.07 Å². The lowest BCUT2D eigenvalue weighted by Crippen LogP contribution is -2.32. The van der Waals surface area contributed by atoms with Gasteiger partial charge in [0.2, 0.25) is 0 Å². The summed E-state index contributed by atoms with van der Waals surface area (Å²) in [5.74, 6) is 0.194. The van der Waals surface area contributed by atoms with E-state index in [1.807, 2.05) is 11.0 Å². The van der Waals surface area contributed by atoms with Gasteiger partial charge in [-0.2, -0.15) is 18.3 Å². The number of nitrogens with one attached hydrogen (secondary N) is 1. The highest BCUT2D eigenvalue weighted by atomic mass is 19.4. The van der Waals surface area contributed by atoms with Crippen molar-refractivity contribution in [3.63, 3.8) is 0 Å². The largest absolute Gasteiger partial charge is 0.420 e. The summed E-state index contributed by atoms with van der Waals surface area (Å²) in [6, 6.07) is 6.21. The van der Waals surface area contributed by atoms with Crippen LogP contribution in [0.5, 0.6) is 0 Å². The Hall–Kier alpha value is -2.72. The summed E-state index contributed by atoms with van der Waals surface area (Å²) < 4.78 is 66.8. The van der Waals surface area contributed by atoms with Crippen LogP contribution in [0.15, 0.2) is 30.5 Å². The molecule has 3 atom stereocenters. The van der Waals surface area contributed by atoms with Crippen molar-refractivity contribution < 1.29 is 20.6 Å². The smallest absolute Gasteiger partial charge is 0.381 e. The second kappa shape index (κ2) is 9.30. The molecule has 0 spiro atoms. The highest BCUT2D eigenvalue weighted by Crippen LogP contribution is 2.42. The summed E-state index contributed by atoms with van der Waals surface area (Å²) in [6.45, 7) is 1.05. The third-order valence-electron chi connectivity index (χ3n) is 7.82. The van der Waals surface area contributed by atoms with E-state index >= 15 is 0 Å². The van der Waals surface area contributed by atoms with Crippen molar-refractivity contribution in [1.82, 2.24) is 24.9 Å². The molecular formula is C26H31F3N6O. The van der Waals surface area contributed by atoms with Gasteiger partial charge in [-0.15, -0.1) is 10.2 Å². The van der Waals surface area contributed by atoms with E-state index in [-0.39, 0.29) is 35.3 Å². The van der Waals surface area contributed by atoms with Crippen LogP contribution < -0.4 is 5.32 Å². The molecule has 3 fully saturated rings. The van der Waals surface area contributed by atoms with Gasteiger partial charge in [-0.3, -0.25) is 4.68 Å². The van der Waals surface area contributed by atoms with Gasteiger partial charge >= 0.3 is 6.18 Å². The number of hydrogen-bond donors (Lipinski definition) is 1. The number of benzene rings is 1. The van der Waals surface area contributed by atoms with Crippen molar-refractivity contribution in [2.45, 2.75) is 37.9 Å². The lowest BCUT2D eigenvalue weighted by Gasteiger charge is -2.28. The molecular weight excluding hydrogens is 469 g/mol. The van der Waals surface area contributed by atoms with Crippen LogP contribution in [0.25, 0.3) is 22.2 Å². The fraction of sp³-hybridized carbons (Fsp3) is 0.577. The van der Waals surface area contributed by atoms with E-state index in [4.69, 9.17) is 7.48 Å². The number of halogens is 3. The van der Waals surface area contributed by atoms with E-state index in [0.29, 0.717) is 57.6 Å². The number of fused-ring (bicyclic) bond motifs is 2. The minimum Gasteiger partial charge on any atom is -0.381 e. The van der Waals surface area contributed by atoms with Crippen molar-refractivity contribution in [3.8, 4) is 11.3 Å². The molecule has 1 aromatic carbocycles. The van der Waals surface area contributed by atoms with Gasteiger partial charge in [0.05, 0.1) is 17.4 Å². The van der Waals surface area contributed by atoms with Crippen LogP contribution in [-0.2, 0) is 18.0 Å². The van der Waals surface area contributed by atoms with E-state index in [1.54, 1.807) is 30.1 Å². The molecule has 0 bridgehead atoms. The van der Waals surface area contributed by atoms with Crippen LogP contribution in [-0.4, -0.2) is 63.7 Å². The van der Waals surface area contributed by atoms with Gasteiger partial charge in [-0.25, -0.2) is 0 Å². The summed E-state index contributed by atoms with van der Waals surface area (Å²) in [6.07, 6.45) is -0.120. The maximum absolute atomic E-state index is 14.1. The molecule has 3 aromatic rings. The van der Waals surface area contributed by atoms with Gasteiger partial charge in [0.25, 0.3) is 0 Å². The van der Waals surface area contributed by atoms with Crippen molar-refractivity contribution in [2.75, 3.05) is 38.1 Å². The molecule has 1 saturated carbocycles. The zero-order valence-corrected chi connectivity index (χ0v) is 20.1. The first-order valence-corrected chi connectivity index (χ1v) is 12.6. The molecule has 2 aromatic heterocycles. The highest BCUT2D eigenvalue weighted by molar-refractivity contribution is 5.84. The molecule has 2 saturated heterocycles. The number of hydrogen-bond acceptors (Lipinski definition) is 6. The zero-order chi connectivity index (χ0) is 26.7. The SMILES string of the molecule is [2H]C([2H])(C1CCOCC1)N1C[C@H]2CC(Nc3nnc(-c4ccc5c(cnn5C)c4)cc3C(F)(F)F)C[C@H]2C1. The standard InChI is InChI=1S/C26H31F3N6O/c1-34-24-3-2-17(8-18(24)12-30-34)23-11-22(26(27,28)29)25(33-32-23)31-21-9-19-14-35(15-20(19)10-21)13-16-4-6-36-7-5-16/h2-3,8,11-12,16,19-21H,4-7,9-10,13-15H2,1H3,(H,31,33)/t19-,20+,21?/i13D2. The lowest BCUT2D eigenvalue weighted by atomic mass is 10.00. The van der Waals surface area contributed by atoms with Crippen LogP contribution in [0.1, 0.15) is 34.0 Å². The van der Waals surface area contributed by atoms with Gasteiger partial charge < -0.3 is 15.0 Å². The highest BCUT2D eigenvalue weighted by Gasteiger charge is 2.43. The normalized spacial score (nSPS) is 26.7. The quantitative estimate of drug-likeness (QED) is 0.550. The molecule has 2 aliphatic heterocycles. The summed E-state index contributed by atoms with van der Waals surface area (Å²) >= 11 is 0. The molecule has 192 valence electrons. The van der Waals surface area contributed by atoms with E-state index < -0.39 is 18.2 Å². The van der Waals surface area contributed by atoms with E-state index in [9.17, 15) is 13.2 Å². The van der Waals surface area contributed by atoms with Crippen LogP contribution in [0, 0.1) is 17.8 Å². The predicted molar refractivity (Wildman–Crippen MR) is 130 cm³/mol. The summed E-state index contributed by atoms with van der Waals surface area (Å²) in [5.41, 5.74) is 0.748. The molecule has 0 radical (unpaired) electrons. The minimum absolute atomic E-state index is 0.0500. The molecule has 1 unspecified atom stereocenters. The third-order valence-corrected chi connectivity index (χ3v) is 7.82. The number of ether oxygens (including phenoxy) is 1. The van der Waals surface area contributed by atoms with Crippen molar-refractivity contribution in [2.24, 2.45) is 24.8 Å². The van der Waals surface area contributed by atoms with Crippen LogP contribution in [0.2, 0.25) is 0 Å². The predicted octanol–water partition coefficient (Wildman–Crippen LogP) is 4.60. The van der Waals surface area contributed by atoms with E-state index in [2.05, 4.69) is 20.6 Å². The second-order valence-electron chi connectivity index (χ2n) is 10.3. The van der Waals surface area contributed by atoms with Gasteiger partial charge in [0.1, 0.15) is 5.56 Å². The average Bonchev–Trinajstić information content (AvgIpc) is 3.57. The number of nitrogens with zero attached hydrogens (tertiary/aromatic N) is 5. The number of aryl methyl sites for hydroxylation is 1. The molecule has 10 heteroatoms. The monoisotopic (exact) mass is 502 g/mol. The number of likely N-dealkylation sites (tertiary alicyclic amines) is 1. The van der Waals surface area contributed by atoms with E-state index in [0.717, 1.165) is 17.0 Å². The summed E-state index contributed by atoms with van der Waals surface area (Å²) in [7, 11) is 1.81. The Morgan fingerprint density at radius 3 is 2.58 bits per heavy atom. The number of alkyl halides is 3. The third kappa shape index (κ3) is 4.68. The maximum atomic E-state index is 14.1. The van der Waals surface area contributed by atoms with Crippen LogP contribution in [0.3, 0.4) is 0 Å². The average molecular weight is 503 g/mol. The minimum atomic E-state index is -4.59. The molecule has 1 N–H and O–H groups in total. The molecule has 7 nitrogen and oxygen atoms in total. The second-order valence-corrected chi connectivity index (χ2v) is 10.3. The van der Waals surface area contributed by atoms with E-state index in [1.165, 1.54) is 0 Å². The first-order chi connectivity index (χ1) is 18.1. The Balaban J connectivity index is 1.16. The molecule has 1 aliphatic carbocycles. The lowest BCUT2D eigenvalue weighted by molar-refractivity contribution is -0.137. The van der Waals surface area contributed by atoms with Crippen molar-refractivity contribution in [1.29, 1.82) is 0 Å². The number of aromatic nitrogens is 4. The Kier molecular flexibility index (Phi) is 5.52. The molecule has 4 heterocycles. The summed E-state index contributed by atoms with van der Waals surface area (Å²) in [5, 5.41) is 16.2. The zero-order valence-electron chi connectivity index (χ0n) is 22.1. The van der Waals surface area contributed by atoms with Crippen molar-refractivity contribution >= 4 is 16.7 Å². The van der Waals surface area contributed by atoms with Gasteiger partial charge in [0.15, 0.2) is 5.82 Å². The first kappa shape index (κ1) is 21.4. The maximum Gasteiger partial charge on any atom is 0.420 e. The Morgan fingerprint density at radius 1 is 1.11 bits per heavy atom. The summed E-state index contributed by atoms with van der Waals surface area (Å²) in [4.78, 5) is 1.95. The molecule has 36 heavy (non-hydrogen) atoms. The number of anilines is 1. The van der Waals surface area contributed by atoms with Crippen LogP contribution >= 0.6 is 0 Å². The molecule has 6 rings (SSSR count). The van der Waals surface area contributed by atoms with Gasteiger partial charge in [0, 0.05) is 59.6 Å².